The van der Waals surface area contributed by atoms with Crippen molar-refractivity contribution in [2.24, 2.45) is 0 Å². The number of hydrogen-bond acceptors (Lipinski definition) is 2. The van der Waals surface area contributed by atoms with Crippen molar-refractivity contribution in [3.05, 3.63) is 79.0 Å². The zero-order valence-electron chi connectivity index (χ0n) is 11.4. The maximum atomic E-state index is 12.3. The number of nitrogens with zero attached hydrogens (tertiary/aromatic N) is 1. The minimum absolute atomic E-state index is 0.223. The van der Waals surface area contributed by atoms with E-state index in [0.29, 0.717) is 11.3 Å². The fourth-order valence-electron chi connectivity index (χ4n) is 2.17. The number of carbonyl (C=O) groups is 1. The summed E-state index contributed by atoms with van der Waals surface area (Å²) in [6.45, 7) is 3.87. The standard InChI is InChI=1S/C18H14N2O/c1-13(14-7-3-2-4-8-14)18(21)20-16-11-5-9-15-10-6-12-19-17(15)16/h2-12H,1H2,(H,20,21). The lowest BCUT2D eigenvalue weighted by Crippen LogP contribution is -2.13. The van der Waals surface area contributed by atoms with E-state index in [4.69, 9.17) is 0 Å². The summed E-state index contributed by atoms with van der Waals surface area (Å²) < 4.78 is 0. The van der Waals surface area contributed by atoms with Gasteiger partial charge >= 0.3 is 0 Å². The number of carbonyl (C=O) groups excluding carboxylic acids is 1. The van der Waals surface area contributed by atoms with Crippen LogP contribution in [-0.4, -0.2) is 10.9 Å². The van der Waals surface area contributed by atoms with Crippen LogP contribution in [-0.2, 0) is 4.79 Å². The van der Waals surface area contributed by atoms with Crippen LogP contribution in [0.1, 0.15) is 5.56 Å². The average Bonchev–Trinajstić information content (AvgIpc) is 2.55. The lowest BCUT2D eigenvalue weighted by molar-refractivity contribution is -0.111. The quantitative estimate of drug-likeness (QED) is 0.736. The Labute approximate surface area is 123 Å². The Morgan fingerprint density at radius 1 is 0.952 bits per heavy atom. The number of anilines is 1. The molecule has 2 aromatic carbocycles. The average molecular weight is 274 g/mol. The number of hydrogen-bond donors (Lipinski definition) is 1. The molecule has 0 aliphatic carbocycles. The molecular weight excluding hydrogens is 260 g/mol. The van der Waals surface area contributed by atoms with E-state index in [1.165, 1.54) is 0 Å². The highest BCUT2D eigenvalue weighted by Gasteiger charge is 2.11. The lowest BCUT2D eigenvalue weighted by atomic mass is 10.1. The molecule has 0 spiro atoms. The Hall–Kier alpha value is -2.94. The molecule has 1 heterocycles. The fourth-order valence-corrected chi connectivity index (χ4v) is 2.17. The van der Waals surface area contributed by atoms with Crippen LogP contribution in [0.25, 0.3) is 16.5 Å². The molecule has 0 radical (unpaired) electrons. The Balaban J connectivity index is 1.89. The van der Waals surface area contributed by atoms with Crippen LogP contribution in [0, 0.1) is 0 Å². The van der Waals surface area contributed by atoms with E-state index in [2.05, 4.69) is 16.9 Å². The van der Waals surface area contributed by atoms with E-state index >= 15 is 0 Å². The summed E-state index contributed by atoms with van der Waals surface area (Å²) in [5.74, 6) is -0.223. The minimum Gasteiger partial charge on any atom is -0.320 e. The zero-order chi connectivity index (χ0) is 14.7. The molecule has 1 amide bonds. The van der Waals surface area contributed by atoms with E-state index in [9.17, 15) is 4.79 Å². The van der Waals surface area contributed by atoms with Gasteiger partial charge in [0.05, 0.1) is 11.2 Å². The van der Waals surface area contributed by atoms with Crippen molar-refractivity contribution in [1.82, 2.24) is 4.98 Å². The first kappa shape index (κ1) is 13.1. The molecule has 0 atom stereocenters. The van der Waals surface area contributed by atoms with Gasteiger partial charge in [0.1, 0.15) is 0 Å². The molecule has 0 unspecified atom stereocenters. The van der Waals surface area contributed by atoms with Gasteiger partial charge in [-0.05, 0) is 17.7 Å². The third kappa shape index (κ3) is 2.67. The smallest absolute Gasteiger partial charge is 0.255 e. The highest BCUT2D eigenvalue weighted by molar-refractivity contribution is 6.25. The lowest BCUT2D eigenvalue weighted by Gasteiger charge is -2.09. The van der Waals surface area contributed by atoms with Gasteiger partial charge in [0.15, 0.2) is 0 Å². The molecule has 102 valence electrons. The van der Waals surface area contributed by atoms with Gasteiger partial charge in [-0.25, -0.2) is 0 Å². The van der Waals surface area contributed by atoms with E-state index in [1.54, 1.807) is 6.20 Å². The van der Waals surface area contributed by atoms with E-state index < -0.39 is 0 Å². The summed E-state index contributed by atoms with van der Waals surface area (Å²) in [6.07, 6.45) is 1.71. The zero-order valence-corrected chi connectivity index (χ0v) is 11.4. The molecule has 0 aliphatic rings. The number of amides is 1. The first-order valence-electron chi connectivity index (χ1n) is 6.65. The van der Waals surface area contributed by atoms with E-state index in [-0.39, 0.29) is 5.91 Å². The van der Waals surface area contributed by atoms with Crippen LogP contribution in [0.2, 0.25) is 0 Å². The van der Waals surface area contributed by atoms with Crippen molar-refractivity contribution in [3.63, 3.8) is 0 Å². The van der Waals surface area contributed by atoms with Gasteiger partial charge in [0.25, 0.3) is 5.91 Å². The van der Waals surface area contributed by atoms with Gasteiger partial charge in [-0.3, -0.25) is 9.78 Å². The van der Waals surface area contributed by atoms with E-state index in [1.807, 2.05) is 60.7 Å². The van der Waals surface area contributed by atoms with Gasteiger partial charge in [-0.15, -0.1) is 0 Å². The predicted molar refractivity (Wildman–Crippen MR) is 85.8 cm³/mol. The van der Waals surface area contributed by atoms with Gasteiger partial charge in [0.2, 0.25) is 0 Å². The van der Waals surface area contributed by atoms with Gasteiger partial charge in [0, 0.05) is 17.2 Å². The van der Waals surface area contributed by atoms with Gasteiger partial charge in [-0.1, -0.05) is 55.1 Å². The second kappa shape index (κ2) is 5.59. The van der Waals surface area contributed by atoms with Crippen LogP contribution in [0.5, 0.6) is 0 Å². The minimum atomic E-state index is -0.223. The summed E-state index contributed by atoms with van der Waals surface area (Å²) in [5.41, 5.74) is 2.70. The molecule has 0 fully saturated rings. The topological polar surface area (TPSA) is 42.0 Å². The maximum Gasteiger partial charge on any atom is 0.255 e. The number of para-hydroxylation sites is 1. The van der Waals surface area contributed by atoms with Crippen LogP contribution in [0.4, 0.5) is 5.69 Å². The number of nitrogens with one attached hydrogen (secondary N) is 1. The van der Waals surface area contributed by atoms with Crippen LogP contribution < -0.4 is 5.32 Å². The maximum absolute atomic E-state index is 12.3. The molecular formula is C18H14N2O. The van der Waals surface area contributed by atoms with Crippen LogP contribution in [0.3, 0.4) is 0 Å². The Morgan fingerprint density at radius 3 is 2.52 bits per heavy atom. The second-order valence-corrected chi connectivity index (χ2v) is 4.68. The summed E-state index contributed by atoms with van der Waals surface area (Å²) in [6, 6.07) is 18.9. The Bertz CT molecular complexity index is 804. The van der Waals surface area contributed by atoms with Crippen molar-refractivity contribution >= 4 is 28.1 Å². The fraction of sp³-hybridized carbons (Fsp3) is 0. The largest absolute Gasteiger partial charge is 0.320 e. The molecule has 0 bridgehead atoms. The molecule has 3 heteroatoms. The highest BCUT2D eigenvalue weighted by Crippen LogP contribution is 2.22. The van der Waals surface area contributed by atoms with Crippen molar-refractivity contribution in [3.8, 4) is 0 Å². The van der Waals surface area contributed by atoms with Gasteiger partial charge in [-0.2, -0.15) is 0 Å². The molecule has 1 N–H and O–H groups in total. The number of benzene rings is 2. The molecule has 0 aliphatic heterocycles. The summed E-state index contributed by atoms with van der Waals surface area (Å²) in [4.78, 5) is 16.6. The Morgan fingerprint density at radius 2 is 1.71 bits per heavy atom. The Kier molecular flexibility index (Phi) is 3.48. The monoisotopic (exact) mass is 274 g/mol. The number of fused-ring (bicyclic) bond motifs is 1. The summed E-state index contributed by atoms with van der Waals surface area (Å²) >= 11 is 0. The second-order valence-electron chi connectivity index (χ2n) is 4.68. The third-order valence-electron chi connectivity index (χ3n) is 3.28. The number of rotatable bonds is 3. The molecule has 3 nitrogen and oxygen atoms in total. The van der Waals surface area contributed by atoms with Crippen molar-refractivity contribution in [2.75, 3.05) is 5.32 Å². The molecule has 1 aromatic heterocycles. The molecule has 3 aromatic rings. The third-order valence-corrected chi connectivity index (χ3v) is 3.28. The SMILES string of the molecule is C=C(C(=O)Nc1cccc2cccnc12)c1ccccc1. The predicted octanol–water partition coefficient (Wildman–Crippen LogP) is 3.89. The number of aromatic nitrogens is 1. The normalized spacial score (nSPS) is 10.3. The molecule has 0 saturated carbocycles. The molecule has 3 rings (SSSR count). The molecule has 21 heavy (non-hydrogen) atoms. The van der Waals surface area contributed by atoms with Crippen LogP contribution >= 0.6 is 0 Å². The summed E-state index contributed by atoms with van der Waals surface area (Å²) in [5, 5.41) is 3.87. The van der Waals surface area contributed by atoms with Crippen molar-refractivity contribution in [2.45, 2.75) is 0 Å². The first-order chi connectivity index (χ1) is 10.3. The van der Waals surface area contributed by atoms with Crippen molar-refractivity contribution in [1.29, 1.82) is 0 Å². The van der Waals surface area contributed by atoms with Crippen molar-refractivity contribution < 1.29 is 4.79 Å². The number of pyridine rings is 1. The first-order valence-corrected chi connectivity index (χ1v) is 6.65. The molecule has 0 saturated heterocycles. The van der Waals surface area contributed by atoms with Crippen LogP contribution in [0.15, 0.2) is 73.4 Å². The highest BCUT2D eigenvalue weighted by atomic mass is 16.1. The van der Waals surface area contributed by atoms with E-state index in [0.717, 1.165) is 16.5 Å². The summed E-state index contributed by atoms with van der Waals surface area (Å²) in [7, 11) is 0. The van der Waals surface area contributed by atoms with Gasteiger partial charge < -0.3 is 5.32 Å².